The minimum Gasteiger partial charge on any atom is -0.479 e. The number of carboxylic acid groups (broad SMARTS) is 1. The lowest BCUT2D eigenvalue weighted by molar-refractivity contribution is -0.147. The van der Waals surface area contributed by atoms with Crippen molar-refractivity contribution >= 4 is 5.97 Å². The lowest BCUT2D eigenvalue weighted by atomic mass is 9.96. The molecule has 13 heavy (non-hydrogen) atoms. The number of aromatic nitrogens is 2. The summed E-state index contributed by atoms with van der Waals surface area (Å²) in [4.78, 5) is 14.9. The minimum atomic E-state index is -0.856. The summed E-state index contributed by atoms with van der Waals surface area (Å²) in [5.74, 6) is -0.813. The van der Waals surface area contributed by atoms with Crippen LogP contribution < -0.4 is 0 Å². The van der Waals surface area contributed by atoms with E-state index < -0.39 is 11.5 Å². The van der Waals surface area contributed by atoms with Gasteiger partial charge in [-0.05, 0) is 13.3 Å². The van der Waals surface area contributed by atoms with Crippen molar-refractivity contribution in [3.05, 3.63) is 18.7 Å². The zero-order chi connectivity index (χ0) is 9.90. The van der Waals surface area contributed by atoms with Crippen LogP contribution in [0.25, 0.3) is 0 Å². The highest BCUT2D eigenvalue weighted by atomic mass is 16.4. The monoisotopic (exact) mass is 182 g/mol. The lowest BCUT2D eigenvalue weighted by Gasteiger charge is -2.25. The molecule has 0 aliphatic carbocycles. The summed E-state index contributed by atoms with van der Waals surface area (Å²) in [6.07, 6.45) is 6.27. The van der Waals surface area contributed by atoms with Crippen LogP contribution >= 0.6 is 0 Å². The Morgan fingerprint density at radius 1 is 1.69 bits per heavy atom. The van der Waals surface area contributed by atoms with E-state index in [0.29, 0.717) is 6.42 Å². The van der Waals surface area contributed by atoms with E-state index in [-0.39, 0.29) is 0 Å². The maximum absolute atomic E-state index is 11.1. The average molecular weight is 182 g/mol. The summed E-state index contributed by atoms with van der Waals surface area (Å²) in [7, 11) is 0. The fourth-order valence-corrected chi connectivity index (χ4v) is 1.38. The first-order valence-electron chi connectivity index (χ1n) is 4.33. The number of nitrogens with zero attached hydrogens (tertiary/aromatic N) is 2. The van der Waals surface area contributed by atoms with Crippen LogP contribution in [0.15, 0.2) is 18.7 Å². The molecule has 4 nitrogen and oxygen atoms in total. The number of hydrogen-bond donors (Lipinski definition) is 1. The molecule has 0 aromatic carbocycles. The van der Waals surface area contributed by atoms with Crippen LogP contribution in [-0.2, 0) is 10.3 Å². The van der Waals surface area contributed by atoms with E-state index >= 15 is 0 Å². The van der Waals surface area contributed by atoms with Gasteiger partial charge in [0, 0.05) is 12.4 Å². The largest absolute Gasteiger partial charge is 0.479 e. The van der Waals surface area contributed by atoms with Gasteiger partial charge in [0.05, 0.1) is 6.33 Å². The molecular formula is C9H14N2O2. The number of aliphatic carboxylic acids is 1. The third-order valence-corrected chi connectivity index (χ3v) is 2.27. The molecule has 1 aromatic heterocycles. The Labute approximate surface area is 77.2 Å². The van der Waals surface area contributed by atoms with E-state index in [4.69, 9.17) is 5.11 Å². The molecule has 0 aliphatic rings. The summed E-state index contributed by atoms with van der Waals surface area (Å²) in [5, 5.41) is 9.09. The van der Waals surface area contributed by atoms with Crippen molar-refractivity contribution in [1.82, 2.24) is 9.55 Å². The highest BCUT2D eigenvalue weighted by Crippen LogP contribution is 2.22. The van der Waals surface area contributed by atoms with Crippen LogP contribution in [0.4, 0.5) is 0 Å². The zero-order valence-corrected chi connectivity index (χ0v) is 7.90. The molecule has 0 saturated carbocycles. The molecule has 1 rings (SSSR count). The third kappa shape index (κ3) is 1.71. The molecule has 1 aromatic rings. The first-order valence-corrected chi connectivity index (χ1v) is 4.33. The van der Waals surface area contributed by atoms with Gasteiger partial charge in [0.1, 0.15) is 5.54 Å². The Balaban J connectivity index is 2.98. The van der Waals surface area contributed by atoms with Crippen molar-refractivity contribution in [2.24, 2.45) is 0 Å². The highest BCUT2D eigenvalue weighted by Gasteiger charge is 2.33. The smallest absolute Gasteiger partial charge is 0.329 e. The number of carboxylic acids is 1. The molecule has 0 radical (unpaired) electrons. The van der Waals surface area contributed by atoms with Crippen LogP contribution in [0, 0.1) is 0 Å². The highest BCUT2D eigenvalue weighted by molar-refractivity contribution is 5.76. The quantitative estimate of drug-likeness (QED) is 0.767. The topological polar surface area (TPSA) is 55.1 Å². The summed E-state index contributed by atoms with van der Waals surface area (Å²) in [5.41, 5.74) is -0.856. The first-order chi connectivity index (χ1) is 6.11. The van der Waals surface area contributed by atoms with Crippen molar-refractivity contribution in [3.63, 3.8) is 0 Å². The molecule has 0 spiro atoms. The Bertz CT molecular complexity index is 282. The molecule has 1 heterocycles. The van der Waals surface area contributed by atoms with E-state index in [1.54, 1.807) is 30.2 Å². The molecule has 0 saturated heterocycles. The average Bonchev–Trinajstić information content (AvgIpc) is 2.56. The van der Waals surface area contributed by atoms with E-state index in [1.807, 2.05) is 6.92 Å². The third-order valence-electron chi connectivity index (χ3n) is 2.27. The van der Waals surface area contributed by atoms with Crippen LogP contribution in [0.3, 0.4) is 0 Å². The van der Waals surface area contributed by atoms with Crippen LogP contribution in [0.2, 0.25) is 0 Å². The summed E-state index contributed by atoms with van der Waals surface area (Å²) in [6.45, 7) is 3.68. The van der Waals surface area contributed by atoms with Crippen molar-refractivity contribution in [2.45, 2.75) is 32.2 Å². The van der Waals surface area contributed by atoms with Gasteiger partial charge >= 0.3 is 5.97 Å². The second kappa shape index (κ2) is 3.60. The fraction of sp³-hybridized carbons (Fsp3) is 0.556. The van der Waals surface area contributed by atoms with Gasteiger partial charge in [0.15, 0.2) is 0 Å². The van der Waals surface area contributed by atoms with E-state index in [2.05, 4.69) is 4.98 Å². The molecule has 0 fully saturated rings. The fourth-order valence-electron chi connectivity index (χ4n) is 1.38. The molecule has 1 atom stereocenters. The Hall–Kier alpha value is -1.32. The summed E-state index contributed by atoms with van der Waals surface area (Å²) < 4.78 is 1.64. The van der Waals surface area contributed by atoms with Gasteiger partial charge in [-0.2, -0.15) is 0 Å². The van der Waals surface area contributed by atoms with Gasteiger partial charge in [0.25, 0.3) is 0 Å². The Morgan fingerprint density at radius 3 is 2.77 bits per heavy atom. The van der Waals surface area contributed by atoms with E-state index in [1.165, 1.54) is 0 Å². The number of imidazole rings is 1. The standard InChI is InChI=1S/C9H14N2O2/c1-3-4-9(2,8(12)13)11-6-5-10-7-11/h5-7H,3-4H2,1-2H3,(H,12,13). The van der Waals surface area contributed by atoms with Gasteiger partial charge in [-0.3, -0.25) is 0 Å². The van der Waals surface area contributed by atoms with Crippen LogP contribution in [0.1, 0.15) is 26.7 Å². The van der Waals surface area contributed by atoms with Gasteiger partial charge in [0.2, 0.25) is 0 Å². The van der Waals surface area contributed by atoms with Gasteiger partial charge in [-0.1, -0.05) is 13.3 Å². The van der Waals surface area contributed by atoms with Gasteiger partial charge in [-0.15, -0.1) is 0 Å². The molecule has 0 bridgehead atoms. The SMILES string of the molecule is CCCC(C)(C(=O)O)n1ccnc1. The second-order valence-electron chi connectivity index (χ2n) is 3.30. The van der Waals surface area contributed by atoms with Crippen molar-refractivity contribution in [3.8, 4) is 0 Å². The van der Waals surface area contributed by atoms with Gasteiger partial charge in [-0.25, -0.2) is 9.78 Å². The number of rotatable bonds is 4. The molecule has 1 N–H and O–H groups in total. The van der Waals surface area contributed by atoms with Gasteiger partial charge < -0.3 is 9.67 Å². The molecule has 72 valence electrons. The number of hydrogen-bond acceptors (Lipinski definition) is 2. The van der Waals surface area contributed by atoms with Crippen LogP contribution in [0.5, 0.6) is 0 Å². The lowest BCUT2D eigenvalue weighted by Crippen LogP contribution is -2.37. The molecule has 1 unspecified atom stereocenters. The first kappa shape index (κ1) is 9.77. The molecule has 0 aliphatic heterocycles. The molecular weight excluding hydrogens is 168 g/mol. The maximum atomic E-state index is 11.1. The normalized spacial score (nSPS) is 15.2. The van der Waals surface area contributed by atoms with Crippen molar-refractivity contribution < 1.29 is 9.90 Å². The van der Waals surface area contributed by atoms with Crippen molar-refractivity contribution in [1.29, 1.82) is 0 Å². The maximum Gasteiger partial charge on any atom is 0.329 e. The number of carbonyl (C=O) groups is 1. The van der Waals surface area contributed by atoms with Crippen molar-refractivity contribution in [2.75, 3.05) is 0 Å². The Kier molecular flexibility index (Phi) is 2.70. The van der Waals surface area contributed by atoms with E-state index in [9.17, 15) is 4.79 Å². The molecule has 4 heteroatoms. The Morgan fingerprint density at radius 2 is 2.38 bits per heavy atom. The van der Waals surface area contributed by atoms with Crippen LogP contribution in [-0.4, -0.2) is 20.6 Å². The summed E-state index contributed by atoms with van der Waals surface area (Å²) >= 11 is 0. The summed E-state index contributed by atoms with van der Waals surface area (Å²) in [6, 6.07) is 0. The zero-order valence-electron chi connectivity index (χ0n) is 7.90. The second-order valence-corrected chi connectivity index (χ2v) is 3.30. The molecule has 0 amide bonds. The predicted octanol–water partition coefficient (Wildman–Crippen LogP) is 1.48. The van der Waals surface area contributed by atoms with E-state index in [0.717, 1.165) is 6.42 Å². The minimum absolute atomic E-state index is 0.610. The predicted molar refractivity (Wildman–Crippen MR) is 48.4 cm³/mol.